The first-order valence-corrected chi connectivity index (χ1v) is 6.47. The molecule has 0 saturated carbocycles. The minimum Gasteiger partial charge on any atom is -0.376 e. The number of nitrogens with zero attached hydrogens (tertiary/aromatic N) is 3. The molecule has 1 atom stereocenters. The Morgan fingerprint density at radius 3 is 3.00 bits per heavy atom. The fourth-order valence-electron chi connectivity index (χ4n) is 1.96. The van der Waals surface area contributed by atoms with Crippen LogP contribution in [0.2, 0.25) is 0 Å². The Morgan fingerprint density at radius 2 is 2.28 bits per heavy atom. The van der Waals surface area contributed by atoms with E-state index in [1.807, 2.05) is 7.05 Å². The molecular weight excluding hydrogens is 234 g/mol. The van der Waals surface area contributed by atoms with Crippen molar-refractivity contribution in [2.45, 2.75) is 32.4 Å². The maximum Gasteiger partial charge on any atom is 0.240 e. The second-order valence-electron chi connectivity index (χ2n) is 4.62. The molecule has 0 aliphatic carbocycles. The largest absolute Gasteiger partial charge is 0.376 e. The van der Waals surface area contributed by atoms with Gasteiger partial charge in [-0.15, -0.1) is 0 Å². The molecule has 1 saturated heterocycles. The van der Waals surface area contributed by atoms with Gasteiger partial charge in [0, 0.05) is 13.0 Å². The van der Waals surface area contributed by atoms with E-state index in [0.717, 1.165) is 25.2 Å². The van der Waals surface area contributed by atoms with E-state index in [1.165, 1.54) is 0 Å². The van der Waals surface area contributed by atoms with Gasteiger partial charge in [-0.05, 0) is 13.5 Å². The van der Waals surface area contributed by atoms with Gasteiger partial charge >= 0.3 is 0 Å². The van der Waals surface area contributed by atoms with Crippen LogP contribution in [-0.2, 0) is 22.4 Å². The summed E-state index contributed by atoms with van der Waals surface area (Å²) in [7, 11) is 2.02. The van der Waals surface area contributed by atoms with Crippen molar-refractivity contribution in [3.63, 3.8) is 0 Å². The molecule has 1 aromatic heterocycles. The van der Waals surface area contributed by atoms with Crippen molar-refractivity contribution < 1.29 is 14.0 Å². The van der Waals surface area contributed by atoms with E-state index in [9.17, 15) is 0 Å². The van der Waals surface area contributed by atoms with Gasteiger partial charge in [0.15, 0.2) is 5.82 Å². The minimum atomic E-state index is 0.141. The first-order chi connectivity index (χ1) is 8.78. The SMILES string of the molecule is CCCc1noc(CN(C)C[C@@H]2COCCO2)n1. The smallest absolute Gasteiger partial charge is 0.240 e. The first kappa shape index (κ1) is 13.5. The number of aromatic nitrogens is 2. The third kappa shape index (κ3) is 4.04. The summed E-state index contributed by atoms with van der Waals surface area (Å²) in [5.74, 6) is 1.45. The molecule has 6 heteroatoms. The molecule has 102 valence electrons. The summed E-state index contributed by atoms with van der Waals surface area (Å²) in [6, 6.07) is 0. The van der Waals surface area contributed by atoms with Crippen LogP contribution < -0.4 is 0 Å². The molecule has 1 aliphatic heterocycles. The Bertz CT molecular complexity index is 350. The zero-order chi connectivity index (χ0) is 12.8. The number of hydrogen-bond donors (Lipinski definition) is 0. The summed E-state index contributed by atoms with van der Waals surface area (Å²) < 4.78 is 16.2. The van der Waals surface area contributed by atoms with Crippen LogP contribution in [0.4, 0.5) is 0 Å². The van der Waals surface area contributed by atoms with Crippen molar-refractivity contribution in [1.82, 2.24) is 15.0 Å². The Hall–Kier alpha value is -0.980. The molecule has 2 rings (SSSR count). The van der Waals surface area contributed by atoms with Crippen molar-refractivity contribution in [2.75, 3.05) is 33.4 Å². The Labute approximate surface area is 107 Å². The van der Waals surface area contributed by atoms with Gasteiger partial charge in [-0.25, -0.2) is 0 Å². The quantitative estimate of drug-likeness (QED) is 0.751. The lowest BCUT2D eigenvalue weighted by Crippen LogP contribution is -2.38. The predicted molar refractivity (Wildman–Crippen MR) is 65.2 cm³/mol. The normalized spacial score (nSPS) is 20.5. The van der Waals surface area contributed by atoms with Crippen LogP contribution in [-0.4, -0.2) is 54.6 Å². The molecule has 0 unspecified atom stereocenters. The van der Waals surface area contributed by atoms with E-state index in [4.69, 9.17) is 14.0 Å². The highest BCUT2D eigenvalue weighted by molar-refractivity contribution is 4.86. The summed E-state index contributed by atoms with van der Waals surface area (Å²) >= 11 is 0. The fraction of sp³-hybridized carbons (Fsp3) is 0.833. The predicted octanol–water partition coefficient (Wildman–Crippen LogP) is 0.869. The van der Waals surface area contributed by atoms with Crippen molar-refractivity contribution in [2.24, 2.45) is 0 Å². The van der Waals surface area contributed by atoms with Gasteiger partial charge in [0.1, 0.15) is 0 Å². The highest BCUT2D eigenvalue weighted by Crippen LogP contribution is 2.06. The lowest BCUT2D eigenvalue weighted by molar-refractivity contribution is -0.0967. The third-order valence-electron chi connectivity index (χ3n) is 2.79. The third-order valence-corrected chi connectivity index (χ3v) is 2.79. The maximum atomic E-state index is 5.60. The van der Waals surface area contributed by atoms with Crippen LogP contribution in [0, 0.1) is 0 Å². The number of rotatable bonds is 6. The van der Waals surface area contributed by atoms with Gasteiger partial charge in [0.25, 0.3) is 0 Å². The minimum absolute atomic E-state index is 0.141. The summed E-state index contributed by atoms with van der Waals surface area (Å²) in [5, 5.41) is 3.94. The van der Waals surface area contributed by atoms with E-state index in [-0.39, 0.29) is 6.10 Å². The lowest BCUT2D eigenvalue weighted by Gasteiger charge is -2.26. The Morgan fingerprint density at radius 1 is 1.39 bits per heavy atom. The van der Waals surface area contributed by atoms with Gasteiger partial charge in [0.05, 0.1) is 32.5 Å². The molecule has 2 heterocycles. The van der Waals surface area contributed by atoms with Crippen LogP contribution in [0.25, 0.3) is 0 Å². The highest BCUT2D eigenvalue weighted by atomic mass is 16.6. The molecule has 0 N–H and O–H groups in total. The molecule has 1 fully saturated rings. The van der Waals surface area contributed by atoms with Crippen LogP contribution in [0.1, 0.15) is 25.1 Å². The zero-order valence-corrected chi connectivity index (χ0v) is 11.1. The van der Waals surface area contributed by atoms with Crippen molar-refractivity contribution >= 4 is 0 Å². The molecule has 0 bridgehead atoms. The van der Waals surface area contributed by atoms with Gasteiger partial charge in [-0.3, -0.25) is 4.90 Å². The molecule has 18 heavy (non-hydrogen) atoms. The summed E-state index contributed by atoms with van der Waals surface area (Å²) in [6.45, 7) is 5.60. The molecule has 1 aliphatic rings. The van der Waals surface area contributed by atoms with Crippen molar-refractivity contribution in [3.05, 3.63) is 11.7 Å². The molecule has 0 radical (unpaired) electrons. The monoisotopic (exact) mass is 255 g/mol. The number of ether oxygens (including phenoxy) is 2. The van der Waals surface area contributed by atoms with Gasteiger partial charge in [0.2, 0.25) is 5.89 Å². The van der Waals surface area contributed by atoms with Gasteiger partial charge in [-0.2, -0.15) is 4.98 Å². The zero-order valence-electron chi connectivity index (χ0n) is 11.1. The van der Waals surface area contributed by atoms with E-state index >= 15 is 0 Å². The Balaban J connectivity index is 1.76. The Kier molecular flexibility index (Phi) is 5.10. The molecule has 0 aromatic carbocycles. The van der Waals surface area contributed by atoms with Crippen LogP contribution in [0.5, 0.6) is 0 Å². The second kappa shape index (κ2) is 6.82. The topological polar surface area (TPSA) is 60.6 Å². The van der Waals surface area contributed by atoms with Crippen LogP contribution in [0.3, 0.4) is 0 Å². The molecule has 1 aromatic rings. The molecular formula is C12H21N3O3. The molecule has 0 spiro atoms. The first-order valence-electron chi connectivity index (χ1n) is 6.47. The van der Waals surface area contributed by atoms with E-state index in [2.05, 4.69) is 22.0 Å². The number of likely N-dealkylation sites (N-methyl/N-ethyl adjacent to an activating group) is 1. The highest BCUT2D eigenvalue weighted by Gasteiger charge is 2.17. The average Bonchev–Trinajstić information content (AvgIpc) is 2.78. The lowest BCUT2D eigenvalue weighted by atomic mass is 10.3. The average molecular weight is 255 g/mol. The van der Waals surface area contributed by atoms with Gasteiger partial charge in [-0.1, -0.05) is 12.1 Å². The molecule has 0 amide bonds. The van der Waals surface area contributed by atoms with Crippen molar-refractivity contribution in [3.8, 4) is 0 Å². The van der Waals surface area contributed by atoms with Crippen LogP contribution >= 0.6 is 0 Å². The summed E-state index contributed by atoms with van der Waals surface area (Å²) in [5.41, 5.74) is 0. The van der Waals surface area contributed by atoms with E-state index < -0.39 is 0 Å². The van der Waals surface area contributed by atoms with E-state index in [1.54, 1.807) is 0 Å². The summed E-state index contributed by atoms with van der Waals surface area (Å²) in [4.78, 5) is 6.46. The van der Waals surface area contributed by atoms with Crippen LogP contribution in [0.15, 0.2) is 4.52 Å². The van der Waals surface area contributed by atoms with E-state index in [0.29, 0.717) is 32.3 Å². The maximum absolute atomic E-state index is 5.60. The standard InChI is InChI=1S/C12H21N3O3/c1-3-4-11-13-12(18-14-11)8-15(2)7-10-9-16-5-6-17-10/h10H,3-9H2,1-2H3/t10-/m1/s1. The van der Waals surface area contributed by atoms with Crippen molar-refractivity contribution in [1.29, 1.82) is 0 Å². The molecule has 6 nitrogen and oxygen atoms in total. The number of aryl methyl sites for hydroxylation is 1. The number of hydrogen-bond acceptors (Lipinski definition) is 6. The summed E-state index contributed by atoms with van der Waals surface area (Å²) in [6.07, 6.45) is 2.04. The fourth-order valence-corrected chi connectivity index (χ4v) is 1.96. The van der Waals surface area contributed by atoms with Gasteiger partial charge < -0.3 is 14.0 Å². The second-order valence-corrected chi connectivity index (χ2v) is 4.62.